The molecule has 8 rings (SSSR count). The molecule has 0 atom stereocenters. The highest BCUT2D eigenvalue weighted by molar-refractivity contribution is 7.11. The molecule has 170 valence electrons. The molecule has 4 heteroatoms. The van der Waals surface area contributed by atoms with E-state index in [1.54, 1.807) is 0 Å². The van der Waals surface area contributed by atoms with Crippen LogP contribution in [0.2, 0.25) is 6.55 Å². The molecule has 0 amide bonds. The Bertz CT molecular complexity index is 2020. The van der Waals surface area contributed by atoms with E-state index < -0.39 is 8.07 Å². The van der Waals surface area contributed by atoms with Crippen LogP contribution in [-0.2, 0) is 0 Å². The summed E-state index contributed by atoms with van der Waals surface area (Å²) < 4.78 is 9.27. The molecule has 3 nitrogen and oxygen atoms in total. The molecule has 0 spiro atoms. The third-order valence-corrected chi connectivity index (χ3v) is 12.2. The van der Waals surface area contributed by atoms with Crippen molar-refractivity contribution < 1.29 is 4.42 Å². The minimum Gasteiger partial charge on any atom is -0.464 e. The Balaban J connectivity index is 1.64. The molecule has 0 N–H and O–H groups in total. The van der Waals surface area contributed by atoms with Crippen molar-refractivity contribution in [2.75, 3.05) is 0 Å². The summed E-state index contributed by atoms with van der Waals surface area (Å²) in [6.07, 6.45) is 1.88. The van der Waals surface area contributed by atoms with Gasteiger partial charge < -0.3 is 4.42 Å². The summed E-state index contributed by atoms with van der Waals surface area (Å²) in [6.45, 7) is 2.42. The van der Waals surface area contributed by atoms with E-state index in [0.717, 1.165) is 22.0 Å². The maximum absolute atomic E-state index is 6.94. The van der Waals surface area contributed by atoms with Crippen molar-refractivity contribution in [1.29, 1.82) is 0 Å². The Kier molecular flexibility index (Phi) is 3.89. The van der Waals surface area contributed by atoms with Gasteiger partial charge in [0.25, 0.3) is 0 Å². The second-order valence-electron chi connectivity index (χ2n) is 9.73. The molecule has 36 heavy (non-hydrogen) atoms. The van der Waals surface area contributed by atoms with Crippen molar-refractivity contribution in [2.45, 2.75) is 6.55 Å². The number of benzene rings is 4. The number of para-hydroxylation sites is 2. The smallest absolute Gasteiger partial charge is 0.190 e. The summed E-state index contributed by atoms with van der Waals surface area (Å²) in [4.78, 5) is 4.94. The Labute approximate surface area is 208 Å². The number of nitrogens with zero attached hydrogens (tertiary/aromatic N) is 2. The topological polar surface area (TPSA) is 30.4 Å². The Morgan fingerprint density at radius 1 is 0.639 bits per heavy atom. The average molecular weight is 479 g/mol. The lowest BCUT2D eigenvalue weighted by Gasteiger charge is -2.27. The van der Waals surface area contributed by atoms with Crippen molar-refractivity contribution in [3.05, 3.63) is 115 Å². The van der Waals surface area contributed by atoms with Gasteiger partial charge in [0.1, 0.15) is 16.6 Å². The van der Waals surface area contributed by atoms with Crippen LogP contribution in [0.3, 0.4) is 0 Å². The van der Waals surface area contributed by atoms with Crippen LogP contribution < -0.4 is 15.8 Å². The van der Waals surface area contributed by atoms with Gasteiger partial charge in [-0.25, -0.2) is 4.98 Å². The molecule has 0 saturated heterocycles. The highest BCUT2D eigenvalue weighted by atomic mass is 28.3. The predicted molar refractivity (Wildman–Crippen MR) is 152 cm³/mol. The number of hydrogen-bond donors (Lipinski definition) is 0. The molecule has 0 aliphatic rings. The number of rotatable bonds is 3. The van der Waals surface area contributed by atoms with E-state index in [4.69, 9.17) is 9.40 Å². The Hall–Kier alpha value is -4.41. The summed E-state index contributed by atoms with van der Waals surface area (Å²) in [6, 6.07) is 39.1. The van der Waals surface area contributed by atoms with Crippen molar-refractivity contribution in [1.82, 2.24) is 9.38 Å². The molecule has 0 fully saturated rings. The average Bonchev–Trinajstić information content (AvgIpc) is 3.51. The van der Waals surface area contributed by atoms with E-state index in [-0.39, 0.29) is 0 Å². The van der Waals surface area contributed by atoms with Gasteiger partial charge in [0.2, 0.25) is 0 Å². The zero-order valence-electron chi connectivity index (χ0n) is 19.8. The van der Waals surface area contributed by atoms with Crippen LogP contribution in [0.15, 0.2) is 120 Å². The third-order valence-electron chi connectivity index (χ3n) is 7.91. The summed E-state index contributed by atoms with van der Waals surface area (Å²) in [5, 5.41) is 9.80. The second-order valence-corrected chi connectivity index (χ2v) is 13.6. The van der Waals surface area contributed by atoms with Crippen molar-refractivity contribution >= 4 is 73.0 Å². The van der Waals surface area contributed by atoms with E-state index in [2.05, 4.69) is 114 Å². The van der Waals surface area contributed by atoms with Gasteiger partial charge in [-0.1, -0.05) is 104 Å². The normalized spacial score (nSPS) is 12.6. The van der Waals surface area contributed by atoms with E-state index in [1.165, 1.54) is 43.0 Å². The molecule has 0 saturated carbocycles. The molecule has 0 aliphatic carbocycles. The first-order valence-electron chi connectivity index (χ1n) is 12.3. The lowest BCUT2D eigenvalue weighted by molar-refractivity contribution is 0.652. The molecule has 0 bridgehead atoms. The maximum Gasteiger partial charge on any atom is 0.190 e. The number of fused-ring (bicyclic) bond motifs is 5. The molecule has 0 radical (unpaired) electrons. The standard InChI is InChI=1S/C32H22N2OSi/c1-36(21-11-4-2-5-12-21,22-13-6-3-7-14-22)32-28-25-17-10-16-24-23-15-8-9-18-26(23)34(30(24)25)31-29(28)27(35-32)19-20-33-31/h2-20H,1H3. The van der Waals surface area contributed by atoms with Gasteiger partial charge in [0, 0.05) is 27.7 Å². The fourth-order valence-electron chi connectivity index (χ4n) is 6.22. The van der Waals surface area contributed by atoms with Gasteiger partial charge in [0.05, 0.1) is 16.4 Å². The molecule has 0 aliphatic heterocycles. The minimum atomic E-state index is -2.50. The fourth-order valence-corrected chi connectivity index (χ4v) is 9.87. The lowest BCUT2D eigenvalue weighted by Crippen LogP contribution is -2.64. The highest BCUT2D eigenvalue weighted by Gasteiger charge is 2.40. The van der Waals surface area contributed by atoms with Crippen LogP contribution in [0, 0.1) is 0 Å². The molecule has 4 heterocycles. The van der Waals surface area contributed by atoms with Crippen molar-refractivity contribution in [3.63, 3.8) is 0 Å². The Morgan fingerprint density at radius 3 is 2.03 bits per heavy atom. The van der Waals surface area contributed by atoms with Crippen LogP contribution in [-0.4, -0.2) is 17.5 Å². The first-order valence-corrected chi connectivity index (χ1v) is 14.8. The van der Waals surface area contributed by atoms with Crippen molar-refractivity contribution in [2.24, 2.45) is 0 Å². The molecule has 4 aromatic heterocycles. The minimum absolute atomic E-state index is 0.899. The first-order chi connectivity index (χ1) is 17.8. The van der Waals surface area contributed by atoms with E-state index in [1.807, 2.05) is 12.3 Å². The second kappa shape index (κ2) is 7.06. The largest absolute Gasteiger partial charge is 0.464 e. The van der Waals surface area contributed by atoms with E-state index >= 15 is 0 Å². The first kappa shape index (κ1) is 19.8. The van der Waals surface area contributed by atoms with Crippen LogP contribution in [0.25, 0.3) is 49.2 Å². The molecular formula is C32H22N2OSi. The van der Waals surface area contributed by atoms with Crippen LogP contribution in [0.1, 0.15) is 0 Å². The Morgan fingerprint density at radius 2 is 1.28 bits per heavy atom. The maximum atomic E-state index is 6.94. The van der Waals surface area contributed by atoms with E-state index in [0.29, 0.717) is 0 Å². The van der Waals surface area contributed by atoms with Crippen LogP contribution in [0.5, 0.6) is 0 Å². The SMILES string of the molecule is C[Si](c1ccccc1)(c1ccccc1)c1oc2ccnc3c2c1c1cccc2c4ccccc4n3c21. The molecular weight excluding hydrogens is 456 g/mol. The lowest BCUT2D eigenvalue weighted by atomic mass is 10.1. The fraction of sp³-hybridized carbons (Fsp3) is 0.0312. The summed E-state index contributed by atoms with van der Waals surface area (Å²) in [7, 11) is -2.50. The molecule has 8 aromatic rings. The summed E-state index contributed by atoms with van der Waals surface area (Å²) in [5.41, 5.74) is 4.25. The molecule has 0 unspecified atom stereocenters. The molecule has 4 aromatic carbocycles. The third kappa shape index (κ3) is 2.39. The number of furan rings is 1. The van der Waals surface area contributed by atoms with Gasteiger partial charge >= 0.3 is 0 Å². The number of pyridine rings is 2. The summed E-state index contributed by atoms with van der Waals surface area (Å²) in [5.74, 6) is 0. The highest BCUT2D eigenvalue weighted by Crippen LogP contribution is 2.40. The van der Waals surface area contributed by atoms with Gasteiger partial charge in [-0.05, 0) is 22.5 Å². The summed E-state index contributed by atoms with van der Waals surface area (Å²) >= 11 is 0. The zero-order chi connectivity index (χ0) is 23.9. The number of hydrogen-bond acceptors (Lipinski definition) is 2. The van der Waals surface area contributed by atoms with Gasteiger partial charge in [0.15, 0.2) is 8.07 Å². The van der Waals surface area contributed by atoms with Crippen LogP contribution in [0.4, 0.5) is 0 Å². The van der Waals surface area contributed by atoms with Crippen molar-refractivity contribution in [3.8, 4) is 0 Å². The van der Waals surface area contributed by atoms with Gasteiger partial charge in [-0.3, -0.25) is 4.40 Å². The van der Waals surface area contributed by atoms with Gasteiger partial charge in [-0.15, -0.1) is 0 Å². The van der Waals surface area contributed by atoms with E-state index in [9.17, 15) is 0 Å². The zero-order valence-corrected chi connectivity index (χ0v) is 20.8. The van der Waals surface area contributed by atoms with Crippen LogP contribution >= 0.6 is 0 Å². The number of aromatic nitrogens is 2. The monoisotopic (exact) mass is 478 g/mol. The quantitative estimate of drug-likeness (QED) is 0.228. The van der Waals surface area contributed by atoms with Gasteiger partial charge in [-0.2, -0.15) is 0 Å². The predicted octanol–water partition coefficient (Wildman–Crippen LogP) is 6.08.